The van der Waals surface area contributed by atoms with Gasteiger partial charge in [-0.15, -0.1) is 0 Å². The molecular weight excluding hydrogens is 463 g/mol. The number of hydrogen-bond acceptors (Lipinski definition) is 1. The molecule has 0 spiro atoms. The standard InChI is InChI=1S/C20H22N2Si.C13H11B/c1-2-3-16-23-20(22-15-14-21-17-22,18-10-6-4-7-11-18)19-12-8-5-9-13-19;14-13(11-7-3-1-4-8-11)12-9-5-2-6-10-12/h2-15,17H,16,23H2,1H3;1-10,13H. The lowest BCUT2D eigenvalue weighted by atomic mass is 9.76. The zero-order chi connectivity index (χ0) is 25.8. The van der Waals surface area contributed by atoms with Gasteiger partial charge in [-0.3, -0.25) is 0 Å². The number of allylic oxidation sites excluding steroid dienone is 2. The second-order valence-electron chi connectivity index (χ2n) is 8.97. The molecule has 0 amide bonds. The molecule has 4 aromatic carbocycles. The molecule has 0 fully saturated rings. The summed E-state index contributed by atoms with van der Waals surface area (Å²) in [4.78, 5) is 4.33. The third kappa shape index (κ3) is 6.46. The van der Waals surface area contributed by atoms with Crippen LogP contribution < -0.4 is 0 Å². The molecule has 2 radical (unpaired) electrons. The topological polar surface area (TPSA) is 17.8 Å². The summed E-state index contributed by atoms with van der Waals surface area (Å²) in [6.07, 6.45) is 10.4. The van der Waals surface area contributed by atoms with Crippen molar-refractivity contribution in [3.05, 3.63) is 174 Å². The highest BCUT2D eigenvalue weighted by atomic mass is 28.2. The van der Waals surface area contributed by atoms with Gasteiger partial charge in [0.2, 0.25) is 0 Å². The lowest BCUT2D eigenvalue weighted by Crippen LogP contribution is -2.41. The van der Waals surface area contributed by atoms with Crippen LogP contribution in [0.4, 0.5) is 0 Å². The van der Waals surface area contributed by atoms with Crippen LogP contribution in [-0.4, -0.2) is 26.9 Å². The summed E-state index contributed by atoms with van der Waals surface area (Å²) in [5.41, 5.74) is 5.00. The molecule has 37 heavy (non-hydrogen) atoms. The van der Waals surface area contributed by atoms with E-state index in [1.807, 2.05) is 48.9 Å². The van der Waals surface area contributed by atoms with E-state index in [-0.39, 0.29) is 11.0 Å². The minimum Gasteiger partial charge on any atom is -0.327 e. The molecule has 0 aliphatic heterocycles. The van der Waals surface area contributed by atoms with E-state index in [1.54, 1.807) is 0 Å². The molecule has 0 atom stereocenters. The summed E-state index contributed by atoms with van der Waals surface area (Å²) >= 11 is 0. The second-order valence-corrected chi connectivity index (χ2v) is 11.1. The number of hydrogen-bond donors (Lipinski definition) is 0. The van der Waals surface area contributed by atoms with Crippen LogP contribution in [0.15, 0.2) is 152 Å². The number of imidazole rings is 1. The van der Waals surface area contributed by atoms with Crippen molar-refractivity contribution < 1.29 is 0 Å². The van der Waals surface area contributed by atoms with E-state index in [2.05, 4.69) is 120 Å². The highest BCUT2D eigenvalue weighted by Gasteiger charge is 2.35. The van der Waals surface area contributed by atoms with Crippen molar-refractivity contribution in [3.63, 3.8) is 0 Å². The maximum absolute atomic E-state index is 6.12. The number of nitrogens with zero attached hydrogens (tertiary/aromatic N) is 2. The monoisotopic (exact) mass is 496 g/mol. The summed E-state index contributed by atoms with van der Waals surface area (Å²) < 4.78 is 2.30. The van der Waals surface area contributed by atoms with Crippen LogP contribution >= 0.6 is 0 Å². The molecule has 1 aromatic heterocycles. The van der Waals surface area contributed by atoms with Gasteiger partial charge < -0.3 is 4.57 Å². The van der Waals surface area contributed by atoms with Crippen molar-refractivity contribution in [2.75, 3.05) is 0 Å². The van der Waals surface area contributed by atoms with Gasteiger partial charge in [0.05, 0.1) is 28.9 Å². The van der Waals surface area contributed by atoms with Crippen LogP contribution in [0, 0.1) is 0 Å². The van der Waals surface area contributed by atoms with Crippen molar-refractivity contribution in [2.45, 2.75) is 23.9 Å². The highest BCUT2D eigenvalue weighted by Crippen LogP contribution is 2.34. The van der Waals surface area contributed by atoms with Gasteiger partial charge >= 0.3 is 0 Å². The number of aromatic nitrogens is 2. The van der Waals surface area contributed by atoms with E-state index in [0.29, 0.717) is 0 Å². The Morgan fingerprint density at radius 3 is 1.62 bits per heavy atom. The SMILES string of the molecule is CC=CC[SiH2]C(c1ccccc1)(c1ccccc1)n1ccnc1.[B]C(c1ccccc1)c1ccccc1. The maximum atomic E-state index is 6.12. The van der Waals surface area contributed by atoms with Crippen molar-refractivity contribution in [2.24, 2.45) is 0 Å². The van der Waals surface area contributed by atoms with Gasteiger partial charge in [-0.2, -0.15) is 0 Å². The van der Waals surface area contributed by atoms with Gasteiger partial charge in [0.1, 0.15) is 0 Å². The van der Waals surface area contributed by atoms with Crippen molar-refractivity contribution in [1.82, 2.24) is 9.55 Å². The van der Waals surface area contributed by atoms with Gasteiger partial charge in [0, 0.05) is 12.4 Å². The van der Waals surface area contributed by atoms with E-state index >= 15 is 0 Å². The van der Waals surface area contributed by atoms with Gasteiger partial charge in [-0.1, -0.05) is 133 Å². The minimum absolute atomic E-state index is 0.0163. The summed E-state index contributed by atoms with van der Waals surface area (Å²) in [6.45, 7) is 2.10. The van der Waals surface area contributed by atoms with Crippen LogP contribution in [0.5, 0.6) is 0 Å². The first-order chi connectivity index (χ1) is 18.3. The largest absolute Gasteiger partial charge is 0.327 e. The molecule has 5 aromatic rings. The van der Waals surface area contributed by atoms with E-state index in [9.17, 15) is 0 Å². The Labute approximate surface area is 225 Å². The number of rotatable bonds is 8. The summed E-state index contributed by atoms with van der Waals surface area (Å²) in [5, 5.41) is -0.0987. The molecule has 4 heteroatoms. The average Bonchev–Trinajstić information content (AvgIpc) is 3.53. The first-order valence-corrected chi connectivity index (χ1v) is 14.5. The summed E-state index contributed by atoms with van der Waals surface area (Å²) in [6, 6.07) is 43.1. The van der Waals surface area contributed by atoms with E-state index in [0.717, 1.165) is 17.2 Å². The third-order valence-corrected chi connectivity index (χ3v) is 9.20. The Balaban J connectivity index is 0.000000195. The van der Waals surface area contributed by atoms with Crippen LogP contribution in [0.25, 0.3) is 0 Å². The summed E-state index contributed by atoms with van der Waals surface area (Å²) in [7, 11) is 5.59. The van der Waals surface area contributed by atoms with Crippen LogP contribution in [-0.2, 0) is 5.16 Å². The number of benzene rings is 4. The molecule has 5 rings (SSSR count). The molecule has 0 saturated carbocycles. The van der Waals surface area contributed by atoms with Crippen molar-refractivity contribution in [3.8, 4) is 0 Å². The van der Waals surface area contributed by atoms with Crippen LogP contribution in [0.1, 0.15) is 35.0 Å². The lowest BCUT2D eigenvalue weighted by molar-refractivity contribution is 0.592. The van der Waals surface area contributed by atoms with Gasteiger partial charge in [-0.25, -0.2) is 4.98 Å². The molecule has 0 aliphatic carbocycles. The maximum Gasteiger partial charge on any atom is 0.0953 e. The Kier molecular flexibility index (Phi) is 9.50. The molecule has 0 unspecified atom stereocenters. The molecule has 0 N–H and O–H groups in total. The minimum atomic E-state index is -0.522. The lowest BCUT2D eigenvalue weighted by Gasteiger charge is -2.36. The van der Waals surface area contributed by atoms with Gasteiger partial charge in [0.25, 0.3) is 0 Å². The molecule has 182 valence electrons. The molecule has 0 aliphatic rings. The van der Waals surface area contributed by atoms with Crippen molar-refractivity contribution in [1.29, 1.82) is 0 Å². The average molecular weight is 497 g/mol. The zero-order valence-corrected chi connectivity index (χ0v) is 22.8. The van der Waals surface area contributed by atoms with E-state index < -0.39 is 9.52 Å². The summed E-state index contributed by atoms with van der Waals surface area (Å²) in [5.74, 6) is -0.0163. The smallest absolute Gasteiger partial charge is 0.0953 e. The predicted octanol–water partition coefficient (Wildman–Crippen LogP) is 6.74. The fourth-order valence-electron chi connectivity index (χ4n) is 4.77. The van der Waals surface area contributed by atoms with Crippen LogP contribution in [0.3, 0.4) is 0 Å². The molecule has 0 saturated heterocycles. The third-order valence-electron chi connectivity index (χ3n) is 6.67. The first-order valence-electron chi connectivity index (χ1n) is 12.8. The zero-order valence-electron chi connectivity index (χ0n) is 21.4. The second kappa shape index (κ2) is 13.4. The van der Waals surface area contributed by atoms with Crippen molar-refractivity contribution >= 4 is 17.4 Å². The first kappa shape index (κ1) is 26.2. The molecule has 1 heterocycles. The Bertz CT molecular complexity index is 1240. The Morgan fingerprint density at radius 2 is 1.22 bits per heavy atom. The Hall–Kier alpha value is -3.89. The highest BCUT2D eigenvalue weighted by molar-refractivity contribution is 6.42. The molecule has 0 bridgehead atoms. The normalized spacial score (nSPS) is 11.6. The fraction of sp³-hybridized carbons (Fsp3) is 0.121. The van der Waals surface area contributed by atoms with Crippen LogP contribution in [0.2, 0.25) is 6.04 Å². The molecule has 2 nitrogen and oxygen atoms in total. The molecular formula is C33H33BN2Si. The Morgan fingerprint density at radius 1 is 0.757 bits per heavy atom. The van der Waals surface area contributed by atoms with E-state index in [1.165, 1.54) is 11.1 Å². The van der Waals surface area contributed by atoms with Gasteiger partial charge in [0.15, 0.2) is 0 Å². The van der Waals surface area contributed by atoms with E-state index in [4.69, 9.17) is 7.85 Å². The van der Waals surface area contributed by atoms with Gasteiger partial charge in [-0.05, 0) is 41.0 Å². The predicted molar refractivity (Wildman–Crippen MR) is 160 cm³/mol. The quantitative estimate of drug-likeness (QED) is 0.172. The fourth-order valence-corrected chi connectivity index (χ4v) is 7.18.